The third-order valence-corrected chi connectivity index (χ3v) is 5.37. The van der Waals surface area contributed by atoms with Crippen LogP contribution in [0.1, 0.15) is 39.5 Å². The van der Waals surface area contributed by atoms with Crippen molar-refractivity contribution in [3.8, 4) is 5.75 Å². The van der Waals surface area contributed by atoms with Crippen LogP contribution in [0.5, 0.6) is 5.75 Å². The first-order valence-corrected chi connectivity index (χ1v) is 9.48. The van der Waals surface area contributed by atoms with E-state index < -0.39 is 6.23 Å². The van der Waals surface area contributed by atoms with E-state index in [9.17, 15) is 4.79 Å². The van der Waals surface area contributed by atoms with Crippen LogP contribution in [0.25, 0.3) is 0 Å². The van der Waals surface area contributed by atoms with Gasteiger partial charge in [0.05, 0.1) is 11.8 Å². The van der Waals surface area contributed by atoms with Gasteiger partial charge >= 0.3 is 0 Å². The lowest BCUT2D eigenvalue weighted by Gasteiger charge is -2.37. The number of ether oxygens (including phenoxy) is 1. The number of carbonyl (C=O) groups excluding carboxylic acids is 1. The molecule has 5 rings (SSSR count). The van der Waals surface area contributed by atoms with Gasteiger partial charge in [-0.2, -0.15) is 5.10 Å². The Balaban J connectivity index is 1.56. The van der Waals surface area contributed by atoms with Crippen molar-refractivity contribution in [1.82, 2.24) is 5.01 Å². The second kappa shape index (κ2) is 6.64. The Bertz CT molecular complexity index is 1060. The first kappa shape index (κ1) is 16.8. The van der Waals surface area contributed by atoms with E-state index in [1.165, 1.54) is 5.56 Å². The molecule has 0 N–H and O–H groups in total. The van der Waals surface area contributed by atoms with Gasteiger partial charge in [0.1, 0.15) is 5.75 Å². The molecule has 4 heteroatoms. The van der Waals surface area contributed by atoms with Crippen LogP contribution in [0.4, 0.5) is 0 Å². The molecular formula is C24H20N2O2. The number of Topliss-reactive ketones (excluding diaryl/α,β-unsaturated/α-hetero) is 1. The van der Waals surface area contributed by atoms with Crippen molar-refractivity contribution in [1.29, 1.82) is 0 Å². The second-order valence-corrected chi connectivity index (χ2v) is 7.25. The first-order valence-electron chi connectivity index (χ1n) is 9.48. The number of aryl methyl sites for hydroxylation is 1. The van der Waals surface area contributed by atoms with Crippen LogP contribution >= 0.6 is 0 Å². The highest BCUT2D eigenvalue weighted by molar-refractivity contribution is 6.03. The molecule has 0 aliphatic carbocycles. The minimum absolute atomic E-state index is 0.00100. The zero-order chi connectivity index (χ0) is 19.1. The molecule has 0 fully saturated rings. The van der Waals surface area contributed by atoms with Crippen LogP contribution in [0.2, 0.25) is 0 Å². The number of ketones is 1. The predicted octanol–water partition coefficient (Wildman–Crippen LogP) is 4.75. The smallest absolute Gasteiger partial charge is 0.251 e. The van der Waals surface area contributed by atoms with Gasteiger partial charge in [-0.3, -0.25) is 4.79 Å². The fourth-order valence-corrected chi connectivity index (χ4v) is 3.87. The van der Waals surface area contributed by atoms with E-state index in [0.29, 0.717) is 5.56 Å². The molecule has 0 saturated heterocycles. The molecule has 138 valence electrons. The van der Waals surface area contributed by atoms with Gasteiger partial charge in [-0.25, -0.2) is 5.01 Å². The van der Waals surface area contributed by atoms with Crippen molar-refractivity contribution in [3.63, 3.8) is 0 Å². The van der Waals surface area contributed by atoms with Crippen LogP contribution in [-0.4, -0.2) is 22.7 Å². The molecule has 0 spiro atoms. The van der Waals surface area contributed by atoms with Crippen LogP contribution < -0.4 is 4.74 Å². The molecule has 0 radical (unpaired) electrons. The zero-order valence-electron chi connectivity index (χ0n) is 15.6. The number of rotatable bonds is 3. The Hall–Kier alpha value is -3.40. The zero-order valence-corrected chi connectivity index (χ0v) is 15.6. The number of benzene rings is 3. The fraction of sp³-hybridized carbons (Fsp3) is 0.167. The molecular weight excluding hydrogens is 348 g/mol. The molecule has 0 aromatic heterocycles. The van der Waals surface area contributed by atoms with Gasteiger partial charge in [-0.05, 0) is 18.6 Å². The monoisotopic (exact) mass is 368 g/mol. The summed E-state index contributed by atoms with van der Waals surface area (Å²) in [4.78, 5) is 13.2. The minimum Gasteiger partial charge on any atom is -0.461 e. The highest BCUT2D eigenvalue weighted by Gasteiger charge is 2.43. The van der Waals surface area contributed by atoms with E-state index in [1.54, 1.807) is 0 Å². The van der Waals surface area contributed by atoms with E-state index in [0.717, 1.165) is 29.0 Å². The van der Waals surface area contributed by atoms with E-state index >= 15 is 0 Å². The number of hydrogen-bond donors (Lipinski definition) is 0. The number of hydrazone groups is 1. The van der Waals surface area contributed by atoms with Crippen molar-refractivity contribution in [3.05, 3.63) is 101 Å². The Morgan fingerprint density at radius 2 is 1.68 bits per heavy atom. The summed E-state index contributed by atoms with van der Waals surface area (Å²) >= 11 is 0. The van der Waals surface area contributed by atoms with Gasteiger partial charge < -0.3 is 4.74 Å². The molecule has 2 atom stereocenters. The SMILES string of the molecule is Cc1ccc(C2=NN3[C@@H](C(=O)c4ccccc4)Oc4ccccc4[C@H]3C2)cc1. The number of carbonyl (C=O) groups is 1. The Morgan fingerprint density at radius 3 is 2.46 bits per heavy atom. The Morgan fingerprint density at radius 1 is 0.964 bits per heavy atom. The van der Waals surface area contributed by atoms with Crippen LogP contribution in [0.3, 0.4) is 0 Å². The average molecular weight is 368 g/mol. The molecule has 0 saturated carbocycles. The van der Waals surface area contributed by atoms with Gasteiger partial charge in [-0.1, -0.05) is 78.4 Å². The number of para-hydroxylation sites is 1. The lowest BCUT2D eigenvalue weighted by Crippen LogP contribution is -2.45. The molecule has 2 heterocycles. The molecule has 2 aliphatic heterocycles. The van der Waals surface area contributed by atoms with Crippen molar-refractivity contribution in [2.24, 2.45) is 5.10 Å². The standard InChI is InChI=1S/C24H20N2O2/c1-16-11-13-17(14-12-16)20-15-21-19-9-5-6-10-22(19)28-24(26(21)25-20)23(27)18-7-3-2-4-8-18/h2-14,21,24H,15H2,1H3/t21-,24-/m1/s1. The summed E-state index contributed by atoms with van der Waals surface area (Å²) in [7, 11) is 0. The molecule has 3 aromatic carbocycles. The van der Waals surface area contributed by atoms with Crippen molar-refractivity contribution < 1.29 is 9.53 Å². The van der Waals surface area contributed by atoms with Gasteiger partial charge in [-0.15, -0.1) is 0 Å². The lowest BCUT2D eigenvalue weighted by atomic mass is 9.95. The summed E-state index contributed by atoms with van der Waals surface area (Å²) in [6, 6.07) is 25.6. The summed E-state index contributed by atoms with van der Waals surface area (Å²) in [5.41, 5.74) is 4.99. The minimum atomic E-state index is -0.759. The quantitative estimate of drug-likeness (QED) is 0.627. The maximum atomic E-state index is 13.2. The highest BCUT2D eigenvalue weighted by atomic mass is 16.5. The third-order valence-electron chi connectivity index (χ3n) is 5.37. The summed E-state index contributed by atoms with van der Waals surface area (Å²) in [5.74, 6) is 0.687. The molecule has 0 amide bonds. The fourth-order valence-electron chi connectivity index (χ4n) is 3.87. The van der Waals surface area contributed by atoms with E-state index in [4.69, 9.17) is 9.84 Å². The van der Waals surface area contributed by atoms with Crippen LogP contribution in [-0.2, 0) is 0 Å². The largest absolute Gasteiger partial charge is 0.461 e. The summed E-state index contributed by atoms with van der Waals surface area (Å²) in [6.07, 6.45) is -0.00704. The third kappa shape index (κ3) is 2.78. The topological polar surface area (TPSA) is 41.9 Å². The molecule has 4 nitrogen and oxygen atoms in total. The van der Waals surface area contributed by atoms with Gasteiger partial charge in [0.25, 0.3) is 6.23 Å². The molecule has 0 bridgehead atoms. The van der Waals surface area contributed by atoms with E-state index in [1.807, 2.05) is 53.5 Å². The lowest BCUT2D eigenvalue weighted by molar-refractivity contribution is -0.00455. The number of hydrogen-bond acceptors (Lipinski definition) is 4. The van der Waals surface area contributed by atoms with Crippen molar-refractivity contribution in [2.45, 2.75) is 25.6 Å². The summed E-state index contributed by atoms with van der Waals surface area (Å²) in [5, 5.41) is 6.68. The maximum absolute atomic E-state index is 13.2. The predicted molar refractivity (Wildman–Crippen MR) is 109 cm³/mol. The van der Waals surface area contributed by atoms with Crippen LogP contribution in [0.15, 0.2) is 84.0 Å². The molecule has 28 heavy (non-hydrogen) atoms. The summed E-state index contributed by atoms with van der Waals surface area (Å²) < 4.78 is 6.13. The normalized spacial score (nSPS) is 20.0. The van der Waals surface area contributed by atoms with E-state index in [2.05, 4.69) is 37.3 Å². The summed E-state index contributed by atoms with van der Waals surface area (Å²) in [6.45, 7) is 2.07. The molecule has 0 unspecified atom stereocenters. The molecule has 3 aromatic rings. The van der Waals surface area contributed by atoms with Crippen molar-refractivity contribution in [2.75, 3.05) is 0 Å². The van der Waals surface area contributed by atoms with E-state index in [-0.39, 0.29) is 11.8 Å². The van der Waals surface area contributed by atoms with Gasteiger partial charge in [0, 0.05) is 17.5 Å². The average Bonchev–Trinajstić information content (AvgIpc) is 3.19. The Kier molecular flexibility index (Phi) is 3.97. The Labute approximate surface area is 164 Å². The number of fused-ring (bicyclic) bond motifs is 3. The van der Waals surface area contributed by atoms with Gasteiger partial charge in [0.15, 0.2) is 0 Å². The van der Waals surface area contributed by atoms with Crippen LogP contribution in [0, 0.1) is 6.92 Å². The molecule has 2 aliphatic rings. The second-order valence-electron chi connectivity index (χ2n) is 7.25. The van der Waals surface area contributed by atoms with Crippen molar-refractivity contribution >= 4 is 11.5 Å². The highest BCUT2D eigenvalue weighted by Crippen LogP contribution is 2.43. The maximum Gasteiger partial charge on any atom is 0.251 e. The first-order chi connectivity index (χ1) is 13.7. The van der Waals surface area contributed by atoms with Gasteiger partial charge in [0.2, 0.25) is 5.78 Å². The number of nitrogens with zero attached hydrogens (tertiary/aromatic N) is 2.